The lowest BCUT2D eigenvalue weighted by atomic mass is 10.1. The highest BCUT2D eigenvalue weighted by Gasteiger charge is 2.22. The minimum absolute atomic E-state index is 0.0993. The molecule has 0 fully saturated rings. The molecule has 0 radical (unpaired) electrons. The molecule has 0 aliphatic carbocycles. The average Bonchev–Trinajstić information content (AvgIpc) is 3.07. The molecule has 3 rings (SSSR count). The molecule has 0 bridgehead atoms. The first-order valence-corrected chi connectivity index (χ1v) is 8.34. The highest BCUT2D eigenvalue weighted by Crippen LogP contribution is 2.29. The number of thioether (sulfide) groups is 1. The summed E-state index contributed by atoms with van der Waals surface area (Å²) in [4.78, 5) is 12.6. The molecule has 0 saturated carbocycles. The van der Waals surface area contributed by atoms with E-state index in [0.717, 1.165) is 10.6 Å². The summed E-state index contributed by atoms with van der Waals surface area (Å²) < 4.78 is 6.77. The van der Waals surface area contributed by atoms with Crippen LogP contribution in [0.2, 0.25) is 0 Å². The molecule has 2 aromatic carbocycles. The molecular weight excluding hydrogens is 326 g/mol. The van der Waals surface area contributed by atoms with E-state index in [4.69, 9.17) is 4.74 Å². The van der Waals surface area contributed by atoms with Gasteiger partial charge in [0.1, 0.15) is 11.4 Å². The van der Waals surface area contributed by atoms with E-state index in [1.165, 1.54) is 4.68 Å². The monoisotopic (exact) mass is 341 g/mol. The molecule has 122 valence electrons. The van der Waals surface area contributed by atoms with Crippen LogP contribution in [0.1, 0.15) is 10.5 Å². The Morgan fingerprint density at radius 1 is 1.21 bits per heavy atom. The van der Waals surface area contributed by atoms with Crippen LogP contribution in [0.5, 0.6) is 5.75 Å². The maximum Gasteiger partial charge on any atom is 0.358 e. The van der Waals surface area contributed by atoms with Gasteiger partial charge in [-0.3, -0.25) is 0 Å². The predicted molar refractivity (Wildman–Crippen MR) is 92.1 cm³/mol. The van der Waals surface area contributed by atoms with Crippen molar-refractivity contribution in [2.45, 2.75) is 4.90 Å². The van der Waals surface area contributed by atoms with Gasteiger partial charge < -0.3 is 9.84 Å². The maximum atomic E-state index is 11.6. The Kier molecular flexibility index (Phi) is 4.52. The van der Waals surface area contributed by atoms with Crippen LogP contribution in [0.15, 0.2) is 53.4 Å². The number of carbonyl (C=O) groups is 1. The first-order valence-electron chi connectivity index (χ1n) is 7.12. The topological polar surface area (TPSA) is 77.2 Å². The number of aromatic carboxylic acids is 1. The van der Waals surface area contributed by atoms with Gasteiger partial charge in [-0.05, 0) is 36.6 Å². The summed E-state index contributed by atoms with van der Waals surface area (Å²) in [5, 5.41) is 17.4. The van der Waals surface area contributed by atoms with Crippen LogP contribution in [-0.4, -0.2) is 39.4 Å². The van der Waals surface area contributed by atoms with Crippen molar-refractivity contribution in [2.24, 2.45) is 0 Å². The van der Waals surface area contributed by atoms with Gasteiger partial charge in [-0.1, -0.05) is 23.4 Å². The molecule has 0 spiro atoms. The van der Waals surface area contributed by atoms with Crippen LogP contribution in [0.4, 0.5) is 0 Å². The molecule has 0 aliphatic heterocycles. The smallest absolute Gasteiger partial charge is 0.358 e. The minimum atomic E-state index is -1.12. The summed E-state index contributed by atoms with van der Waals surface area (Å²) in [6.45, 7) is 0. The Morgan fingerprint density at radius 3 is 2.71 bits per heavy atom. The van der Waals surface area contributed by atoms with Crippen molar-refractivity contribution < 1.29 is 14.6 Å². The number of carboxylic acid groups (broad SMARTS) is 1. The van der Waals surface area contributed by atoms with E-state index in [1.54, 1.807) is 37.1 Å². The van der Waals surface area contributed by atoms with Gasteiger partial charge in [0.15, 0.2) is 5.69 Å². The third-order valence-corrected chi connectivity index (χ3v) is 4.24. The number of hydrogen-bond acceptors (Lipinski definition) is 5. The zero-order valence-electron chi connectivity index (χ0n) is 13.1. The SMILES string of the molecule is COc1cccc(-c2c(C(=O)O)nnn2-c2cccc(SC)c2)c1. The molecule has 6 nitrogen and oxygen atoms in total. The largest absolute Gasteiger partial charge is 0.497 e. The van der Waals surface area contributed by atoms with E-state index in [2.05, 4.69) is 10.3 Å². The minimum Gasteiger partial charge on any atom is -0.497 e. The fourth-order valence-electron chi connectivity index (χ4n) is 2.38. The second-order valence-corrected chi connectivity index (χ2v) is 5.82. The summed E-state index contributed by atoms with van der Waals surface area (Å²) in [6, 6.07) is 14.9. The Bertz CT molecular complexity index is 892. The number of ether oxygens (including phenoxy) is 1. The first kappa shape index (κ1) is 16.1. The van der Waals surface area contributed by atoms with Crippen molar-refractivity contribution in [1.82, 2.24) is 15.0 Å². The Balaban J connectivity index is 2.22. The number of aromatic nitrogens is 3. The van der Waals surface area contributed by atoms with Crippen molar-refractivity contribution in [3.05, 3.63) is 54.2 Å². The molecule has 3 aromatic rings. The van der Waals surface area contributed by atoms with E-state index in [1.807, 2.05) is 36.6 Å². The van der Waals surface area contributed by atoms with Gasteiger partial charge in [0.25, 0.3) is 0 Å². The lowest BCUT2D eigenvalue weighted by Crippen LogP contribution is -2.03. The number of carboxylic acids is 1. The number of nitrogens with zero attached hydrogens (tertiary/aromatic N) is 3. The van der Waals surface area contributed by atoms with Gasteiger partial charge in [0, 0.05) is 10.5 Å². The van der Waals surface area contributed by atoms with Crippen LogP contribution in [0, 0.1) is 0 Å². The van der Waals surface area contributed by atoms with Crippen molar-refractivity contribution in [1.29, 1.82) is 0 Å². The fraction of sp³-hybridized carbons (Fsp3) is 0.118. The molecule has 0 saturated heterocycles. The summed E-state index contributed by atoms with van der Waals surface area (Å²) >= 11 is 1.60. The maximum absolute atomic E-state index is 11.6. The molecule has 24 heavy (non-hydrogen) atoms. The molecule has 1 aromatic heterocycles. The second kappa shape index (κ2) is 6.76. The molecule has 1 heterocycles. The van der Waals surface area contributed by atoms with E-state index in [9.17, 15) is 9.90 Å². The van der Waals surface area contributed by atoms with Gasteiger partial charge in [-0.15, -0.1) is 16.9 Å². The van der Waals surface area contributed by atoms with E-state index in [0.29, 0.717) is 17.0 Å². The quantitative estimate of drug-likeness (QED) is 0.717. The van der Waals surface area contributed by atoms with Gasteiger partial charge in [-0.2, -0.15) is 0 Å². The number of methoxy groups -OCH3 is 1. The third-order valence-electron chi connectivity index (χ3n) is 3.51. The second-order valence-electron chi connectivity index (χ2n) is 4.94. The van der Waals surface area contributed by atoms with Crippen molar-refractivity contribution in [3.8, 4) is 22.7 Å². The zero-order chi connectivity index (χ0) is 17.1. The number of rotatable bonds is 5. The van der Waals surface area contributed by atoms with Crippen molar-refractivity contribution in [2.75, 3.05) is 13.4 Å². The third kappa shape index (κ3) is 2.98. The van der Waals surface area contributed by atoms with Gasteiger partial charge in [0.2, 0.25) is 0 Å². The molecule has 0 amide bonds. The van der Waals surface area contributed by atoms with E-state index in [-0.39, 0.29) is 5.69 Å². The summed E-state index contributed by atoms with van der Waals surface area (Å²) in [5.74, 6) is -0.491. The highest BCUT2D eigenvalue weighted by molar-refractivity contribution is 7.98. The Morgan fingerprint density at radius 2 is 2.00 bits per heavy atom. The number of hydrogen-bond donors (Lipinski definition) is 1. The van der Waals surface area contributed by atoms with Gasteiger partial charge in [0.05, 0.1) is 12.8 Å². The van der Waals surface area contributed by atoms with Crippen LogP contribution in [0.25, 0.3) is 16.9 Å². The van der Waals surface area contributed by atoms with Crippen LogP contribution in [0.3, 0.4) is 0 Å². The van der Waals surface area contributed by atoms with Crippen molar-refractivity contribution >= 4 is 17.7 Å². The van der Waals surface area contributed by atoms with E-state index < -0.39 is 5.97 Å². The lowest BCUT2D eigenvalue weighted by molar-refractivity contribution is 0.0691. The molecule has 0 aliphatic rings. The van der Waals surface area contributed by atoms with Gasteiger partial charge >= 0.3 is 5.97 Å². The first-order chi connectivity index (χ1) is 11.6. The number of benzene rings is 2. The zero-order valence-corrected chi connectivity index (χ0v) is 13.9. The average molecular weight is 341 g/mol. The molecule has 0 atom stereocenters. The molecular formula is C17H15N3O3S. The van der Waals surface area contributed by atoms with Crippen LogP contribution >= 0.6 is 11.8 Å². The Labute approximate surface area is 143 Å². The summed E-state index contributed by atoms with van der Waals surface area (Å²) in [6.07, 6.45) is 1.98. The summed E-state index contributed by atoms with van der Waals surface area (Å²) in [7, 11) is 1.56. The predicted octanol–water partition coefficient (Wildman–Crippen LogP) is 3.36. The van der Waals surface area contributed by atoms with Crippen LogP contribution < -0.4 is 4.74 Å². The molecule has 1 N–H and O–H groups in total. The van der Waals surface area contributed by atoms with Gasteiger partial charge in [-0.25, -0.2) is 9.48 Å². The molecule has 0 unspecified atom stereocenters. The summed E-state index contributed by atoms with van der Waals surface area (Å²) in [5.41, 5.74) is 1.74. The lowest BCUT2D eigenvalue weighted by Gasteiger charge is -2.09. The Hall–Kier alpha value is -2.80. The fourth-order valence-corrected chi connectivity index (χ4v) is 2.83. The molecule has 7 heteroatoms. The van der Waals surface area contributed by atoms with E-state index >= 15 is 0 Å². The van der Waals surface area contributed by atoms with Crippen LogP contribution in [-0.2, 0) is 0 Å². The highest BCUT2D eigenvalue weighted by atomic mass is 32.2. The normalized spacial score (nSPS) is 10.6. The van der Waals surface area contributed by atoms with Crippen molar-refractivity contribution in [3.63, 3.8) is 0 Å². The standard InChI is InChI=1S/C17H15N3O3S/c1-23-13-7-3-5-11(9-13)16-15(17(21)22)18-19-20(16)12-6-4-8-14(10-12)24-2/h3-10H,1-2H3,(H,21,22).